The van der Waals surface area contributed by atoms with Gasteiger partial charge in [-0.1, -0.05) is 49.7 Å². The van der Waals surface area contributed by atoms with Gasteiger partial charge in [-0.05, 0) is 5.56 Å². The summed E-state index contributed by atoms with van der Waals surface area (Å²) in [5.74, 6) is 0. The molecule has 1 atom stereocenters. The normalized spacial score (nSPS) is 13.8. The van der Waals surface area contributed by atoms with Gasteiger partial charge in [0, 0.05) is 14.5 Å². The van der Waals surface area contributed by atoms with Gasteiger partial charge in [-0.2, -0.15) is 0 Å². The number of benzene rings is 1. The predicted octanol–water partition coefficient (Wildman–Crippen LogP) is 2.92. The first kappa shape index (κ1) is 9.81. The Morgan fingerprint density at radius 3 is 2.58 bits per heavy atom. The maximum Gasteiger partial charge on any atom is 0.0474 e. The van der Waals surface area contributed by atoms with Crippen LogP contribution in [0, 0.1) is 0 Å². The summed E-state index contributed by atoms with van der Waals surface area (Å²) in [7, 11) is -0.0972. The van der Waals surface area contributed by atoms with Crippen molar-refractivity contribution in [1.29, 1.82) is 0 Å². The van der Waals surface area contributed by atoms with E-state index in [0.29, 0.717) is 5.00 Å². The molecule has 0 saturated carbocycles. The van der Waals surface area contributed by atoms with Gasteiger partial charge in [-0.15, -0.1) is 11.6 Å². The van der Waals surface area contributed by atoms with E-state index in [0.717, 1.165) is 0 Å². The number of halogens is 1. The Hall–Kier alpha value is -0.273. The van der Waals surface area contributed by atoms with E-state index in [1.165, 1.54) is 18.0 Å². The molecule has 0 fully saturated rings. The largest absolute Gasteiger partial charge is 0.122 e. The van der Waals surface area contributed by atoms with Crippen LogP contribution in [0.2, 0.25) is 6.04 Å². The lowest BCUT2D eigenvalue weighted by molar-refractivity contribution is 1.06. The maximum absolute atomic E-state index is 6.25. The summed E-state index contributed by atoms with van der Waals surface area (Å²) in [5.41, 5.74) is 1.30. The smallest absolute Gasteiger partial charge is 0.0474 e. The Kier molecular flexibility index (Phi) is 4.40. The fourth-order valence-corrected chi connectivity index (χ4v) is 3.19. The van der Waals surface area contributed by atoms with Gasteiger partial charge in [0.1, 0.15) is 0 Å². The Morgan fingerprint density at radius 1 is 1.33 bits per heavy atom. The molecule has 0 aliphatic heterocycles. The van der Waals surface area contributed by atoms with Gasteiger partial charge in [0.2, 0.25) is 0 Å². The van der Waals surface area contributed by atoms with Crippen LogP contribution in [-0.4, -0.2) is 9.52 Å². The highest BCUT2D eigenvalue weighted by Crippen LogP contribution is 2.19. The van der Waals surface area contributed by atoms with E-state index in [1.54, 1.807) is 0 Å². The lowest BCUT2D eigenvalue weighted by atomic mass is 10.2. The zero-order valence-corrected chi connectivity index (χ0v) is 9.63. The van der Waals surface area contributed by atoms with Crippen molar-refractivity contribution < 1.29 is 0 Å². The van der Waals surface area contributed by atoms with E-state index >= 15 is 0 Å². The van der Waals surface area contributed by atoms with Crippen LogP contribution in [0.3, 0.4) is 0 Å². The molecule has 0 N–H and O–H groups in total. The molecule has 1 aromatic rings. The van der Waals surface area contributed by atoms with E-state index < -0.39 is 0 Å². The van der Waals surface area contributed by atoms with Crippen molar-refractivity contribution in [3.63, 3.8) is 0 Å². The average Bonchev–Trinajstić information content (AvgIpc) is 2.15. The number of hydrogen-bond donors (Lipinski definition) is 0. The molecular weight excluding hydrogens is 184 g/mol. The molecule has 1 aromatic carbocycles. The van der Waals surface area contributed by atoms with Crippen molar-refractivity contribution in [3.05, 3.63) is 35.9 Å². The predicted molar refractivity (Wildman–Crippen MR) is 58.7 cm³/mol. The molecule has 0 bridgehead atoms. The summed E-state index contributed by atoms with van der Waals surface area (Å²) in [6, 6.07) is 11.8. The van der Waals surface area contributed by atoms with Gasteiger partial charge < -0.3 is 0 Å². The summed E-state index contributed by atoms with van der Waals surface area (Å²) < 4.78 is 0. The van der Waals surface area contributed by atoms with E-state index in [9.17, 15) is 0 Å². The molecule has 0 amide bonds. The van der Waals surface area contributed by atoms with Crippen molar-refractivity contribution >= 4 is 21.1 Å². The van der Waals surface area contributed by atoms with E-state index in [-0.39, 0.29) is 9.52 Å². The molecule has 0 saturated heterocycles. The third kappa shape index (κ3) is 3.00. The van der Waals surface area contributed by atoms with Crippen molar-refractivity contribution in [1.82, 2.24) is 0 Å². The second-order valence-electron chi connectivity index (χ2n) is 3.02. The summed E-state index contributed by atoms with van der Waals surface area (Å²) in [5, 5.41) is 0.339. The summed E-state index contributed by atoms with van der Waals surface area (Å²) in [6.07, 6.45) is 1.28. The third-order valence-electron chi connectivity index (χ3n) is 1.97. The molecular formula is C10H15ClSi. The topological polar surface area (TPSA) is 0 Å². The molecule has 0 heterocycles. The number of hydrogen-bond acceptors (Lipinski definition) is 0. The first-order valence-corrected chi connectivity index (χ1v) is 6.79. The van der Waals surface area contributed by atoms with Gasteiger partial charge in [0.05, 0.1) is 0 Å². The summed E-state index contributed by atoms with van der Waals surface area (Å²) in [6.45, 7) is 2.22. The van der Waals surface area contributed by atoms with Crippen molar-refractivity contribution in [2.75, 3.05) is 0 Å². The quantitative estimate of drug-likeness (QED) is 0.516. The molecule has 0 aliphatic rings. The molecule has 0 aromatic heterocycles. The van der Waals surface area contributed by atoms with E-state index in [2.05, 4.69) is 31.2 Å². The van der Waals surface area contributed by atoms with Crippen LogP contribution in [0.5, 0.6) is 0 Å². The second-order valence-corrected chi connectivity index (χ2v) is 6.17. The average molecular weight is 199 g/mol. The second kappa shape index (κ2) is 5.39. The molecule has 0 radical (unpaired) electrons. The van der Waals surface area contributed by atoms with Crippen LogP contribution in [0.15, 0.2) is 30.3 Å². The lowest BCUT2D eigenvalue weighted by Gasteiger charge is -2.07. The highest BCUT2D eigenvalue weighted by Gasteiger charge is 2.05. The molecule has 66 valence electrons. The van der Waals surface area contributed by atoms with Crippen LogP contribution in [0.1, 0.15) is 23.9 Å². The van der Waals surface area contributed by atoms with Gasteiger partial charge in [0.15, 0.2) is 0 Å². The third-order valence-corrected chi connectivity index (χ3v) is 4.97. The maximum atomic E-state index is 6.25. The summed E-state index contributed by atoms with van der Waals surface area (Å²) >= 11 is 6.25. The molecule has 12 heavy (non-hydrogen) atoms. The van der Waals surface area contributed by atoms with Crippen LogP contribution in [0.25, 0.3) is 0 Å². The lowest BCUT2D eigenvalue weighted by Crippen LogP contribution is -1.99. The Morgan fingerprint density at radius 2 is 2.00 bits per heavy atom. The Labute approximate surface area is 81.8 Å². The van der Waals surface area contributed by atoms with Gasteiger partial charge in [-0.3, -0.25) is 0 Å². The molecule has 1 rings (SSSR count). The summed E-state index contributed by atoms with van der Waals surface area (Å²) in [4.78, 5) is 0. The fourth-order valence-electron chi connectivity index (χ4n) is 1.21. The van der Waals surface area contributed by atoms with Crippen molar-refractivity contribution in [2.45, 2.75) is 24.4 Å². The monoisotopic (exact) mass is 198 g/mol. The number of alkyl halides is 1. The van der Waals surface area contributed by atoms with E-state index in [1.807, 2.05) is 6.07 Å². The minimum absolute atomic E-state index is 0.0972. The molecule has 0 spiro atoms. The van der Waals surface area contributed by atoms with Crippen LogP contribution in [-0.2, 0) is 0 Å². The van der Waals surface area contributed by atoms with Gasteiger partial charge in [-0.25, -0.2) is 0 Å². The minimum Gasteiger partial charge on any atom is -0.122 e. The van der Waals surface area contributed by atoms with Crippen LogP contribution >= 0.6 is 11.6 Å². The van der Waals surface area contributed by atoms with Gasteiger partial charge >= 0.3 is 0 Å². The van der Waals surface area contributed by atoms with E-state index in [4.69, 9.17) is 11.6 Å². The van der Waals surface area contributed by atoms with Crippen LogP contribution in [0.4, 0.5) is 0 Å². The zero-order valence-electron chi connectivity index (χ0n) is 7.46. The Bertz CT molecular complexity index is 210. The van der Waals surface area contributed by atoms with Crippen molar-refractivity contribution in [2.24, 2.45) is 0 Å². The van der Waals surface area contributed by atoms with Gasteiger partial charge in [0.25, 0.3) is 0 Å². The first-order valence-electron chi connectivity index (χ1n) is 4.53. The highest BCUT2D eigenvalue weighted by molar-refractivity contribution is 6.52. The molecule has 0 nitrogen and oxygen atoms in total. The molecule has 2 heteroatoms. The molecule has 0 aliphatic carbocycles. The fraction of sp³-hybridized carbons (Fsp3) is 0.400. The molecule has 1 unspecified atom stereocenters. The SMILES string of the molecule is CCC[SiH2]C(Cl)c1ccccc1. The zero-order chi connectivity index (χ0) is 8.81. The number of rotatable bonds is 4. The first-order chi connectivity index (χ1) is 5.84. The van der Waals surface area contributed by atoms with Crippen LogP contribution < -0.4 is 0 Å². The van der Waals surface area contributed by atoms with Crippen molar-refractivity contribution in [3.8, 4) is 0 Å². The highest BCUT2D eigenvalue weighted by atomic mass is 35.5. The standard InChI is InChI=1S/C10H15ClSi/c1-2-8-12-10(11)9-6-4-3-5-7-9/h3-7,10H,2,8,12H2,1H3. The minimum atomic E-state index is -0.0972. The Balaban J connectivity index is 2.48.